The quantitative estimate of drug-likeness (QED) is 0.321. The lowest BCUT2D eigenvalue weighted by molar-refractivity contribution is -0.122. The molecule has 1 atom stereocenters. The summed E-state index contributed by atoms with van der Waals surface area (Å²) in [6.45, 7) is 14.2. The van der Waals surface area contributed by atoms with Crippen molar-refractivity contribution in [2.75, 3.05) is 6.61 Å². The molecule has 1 aromatic rings. The minimum absolute atomic E-state index is 0.0835. The van der Waals surface area contributed by atoms with E-state index in [0.29, 0.717) is 18.8 Å². The average Bonchev–Trinajstić information content (AvgIpc) is 3.24. The number of aromatic nitrogens is 2. The molecule has 0 bridgehead atoms. The van der Waals surface area contributed by atoms with Gasteiger partial charge in [-0.15, -0.1) is 0 Å². The summed E-state index contributed by atoms with van der Waals surface area (Å²) < 4.78 is 5.92. The summed E-state index contributed by atoms with van der Waals surface area (Å²) in [5.74, 6) is 1.70. The van der Waals surface area contributed by atoms with Gasteiger partial charge in [0.15, 0.2) is 0 Å². The maximum absolute atomic E-state index is 10.2. The third kappa shape index (κ3) is 14.3. The molecule has 1 N–H and O–H groups in total. The van der Waals surface area contributed by atoms with Gasteiger partial charge in [0.2, 0.25) is 0 Å². The molecule has 1 rings (SSSR count). The molecule has 0 aliphatic rings. The van der Waals surface area contributed by atoms with Gasteiger partial charge in [-0.25, -0.2) is 0 Å². The van der Waals surface area contributed by atoms with Gasteiger partial charge >= 0.3 is 0 Å². The van der Waals surface area contributed by atoms with Crippen molar-refractivity contribution >= 4 is 17.1 Å². The van der Waals surface area contributed by atoms with E-state index >= 15 is 0 Å². The number of ketones is 2. The second kappa shape index (κ2) is 16.5. The van der Waals surface area contributed by atoms with Crippen molar-refractivity contribution in [2.24, 2.45) is 5.92 Å². The van der Waals surface area contributed by atoms with Crippen LogP contribution in [-0.2, 0) is 14.3 Å². The first-order valence-electron chi connectivity index (χ1n) is 10.5. The third-order valence-electron chi connectivity index (χ3n) is 4.44. The summed E-state index contributed by atoms with van der Waals surface area (Å²) >= 11 is 0. The predicted molar refractivity (Wildman–Crippen MR) is 120 cm³/mol. The number of allylic oxidation sites excluding steroid dienone is 4. The summed E-state index contributed by atoms with van der Waals surface area (Å²) in [6.07, 6.45) is 13.4. The Balaban J connectivity index is 0.000000828. The van der Waals surface area contributed by atoms with Crippen LogP contribution in [0.25, 0.3) is 5.57 Å². The number of ether oxygens (including phenoxy) is 1. The molecule has 0 aromatic carbocycles. The van der Waals surface area contributed by atoms with E-state index in [0.717, 1.165) is 23.6 Å². The van der Waals surface area contributed by atoms with E-state index in [1.165, 1.54) is 39.5 Å². The first kappa shape index (κ1) is 26.6. The second-order valence-corrected chi connectivity index (χ2v) is 7.15. The Morgan fingerprint density at radius 3 is 2.31 bits per heavy atom. The zero-order chi connectivity index (χ0) is 22.1. The Labute approximate surface area is 176 Å². The Morgan fingerprint density at radius 1 is 1.21 bits per heavy atom. The molecule has 0 aliphatic heterocycles. The maximum atomic E-state index is 10.2. The fraction of sp³-hybridized carbons (Fsp3) is 0.542. The number of carbonyl (C=O) groups is 2. The molecule has 0 unspecified atom stereocenters. The van der Waals surface area contributed by atoms with Crippen LogP contribution in [0.1, 0.15) is 78.8 Å². The minimum Gasteiger partial charge on any atom is -0.494 e. The van der Waals surface area contributed by atoms with Crippen LogP contribution in [-0.4, -0.2) is 28.4 Å². The molecule has 0 amide bonds. The Bertz CT molecular complexity index is 644. The van der Waals surface area contributed by atoms with Crippen molar-refractivity contribution in [3.05, 3.63) is 48.5 Å². The van der Waals surface area contributed by atoms with Gasteiger partial charge in [0.1, 0.15) is 17.3 Å². The van der Waals surface area contributed by atoms with E-state index < -0.39 is 0 Å². The van der Waals surface area contributed by atoms with Crippen LogP contribution in [0.3, 0.4) is 0 Å². The van der Waals surface area contributed by atoms with Crippen molar-refractivity contribution in [1.82, 2.24) is 10.2 Å². The van der Waals surface area contributed by atoms with Crippen LogP contribution < -0.4 is 0 Å². The minimum atomic E-state index is 0.0835. The Kier molecular flexibility index (Phi) is 15.1. The van der Waals surface area contributed by atoms with Crippen LogP contribution in [0.2, 0.25) is 0 Å². The highest BCUT2D eigenvalue weighted by molar-refractivity contribution is 5.83. The van der Waals surface area contributed by atoms with Crippen molar-refractivity contribution in [3.63, 3.8) is 0 Å². The molecule has 1 heterocycles. The average molecular weight is 403 g/mol. The normalized spacial score (nSPS) is 12.2. The van der Waals surface area contributed by atoms with Gasteiger partial charge in [0.25, 0.3) is 0 Å². The molecular weight excluding hydrogens is 364 g/mol. The largest absolute Gasteiger partial charge is 0.494 e. The standard InChI is InChI=1S/C18H28N2O.C6H10O2/c1-5-8-9-16(6-2)14-21-17(7-3)11-10-15(4)18-12-13-19-20-18;1-5(7)3-4-6(2)8/h7,10-13,16H,4-6,8-9,14H2,1-3H3,(H,19,20);3-4H2,1-2H3/b11-10-,17-7+;/t16-;/m0./s1. The van der Waals surface area contributed by atoms with Crippen molar-refractivity contribution in [1.29, 1.82) is 0 Å². The van der Waals surface area contributed by atoms with Gasteiger partial charge in [-0.05, 0) is 63.0 Å². The first-order valence-corrected chi connectivity index (χ1v) is 10.5. The number of Topliss-reactive ketones (excluding diaryl/α,β-unsaturated/α-hetero) is 2. The van der Waals surface area contributed by atoms with E-state index in [9.17, 15) is 9.59 Å². The molecular formula is C24H38N2O3. The predicted octanol–water partition coefficient (Wildman–Crippen LogP) is 6.06. The van der Waals surface area contributed by atoms with Crippen LogP contribution >= 0.6 is 0 Å². The molecule has 0 saturated heterocycles. The summed E-state index contributed by atoms with van der Waals surface area (Å²) in [6, 6.07) is 1.90. The third-order valence-corrected chi connectivity index (χ3v) is 4.44. The first-order chi connectivity index (χ1) is 13.8. The van der Waals surface area contributed by atoms with Crippen molar-refractivity contribution < 1.29 is 14.3 Å². The van der Waals surface area contributed by atoms with Gasteiger partial charge in [-0.3, -0.25) is 5.10 Å². The van der Waals surface area contributed by atoms with E-state index in [4.69, 9.17) is 4.74 Å². The number of hydrogen-bond donors (Lipinski definition) is 1. The topological polar surface area (TPSA) is 72.0 Å². The van der Waals surface area contributed by atoms with E-state index in [2.05, 4.69) is 30.6 Å². The number of aromatic amines is 1. The van der Waals surface area contributed by atoms with Crippen LogP contribution in [0.15, 0.2) is 42.8 Å². The van der Waals surface area contributed by atoms with Gasteiger partial charge in [-0.1, -0.05) is 39.7 Å². The molecule has 0 saturated carbocycles. The van der Waals surface area contributed by atoms with E-state index in [1.807, 2.05) is 31.2 Å². The van der Waals surface area contributed by atoms with Gasteiger partial charge < -0.3 is 14.3 Å². The van der Waals surface area contributed by atoms with Gasteiger partial charge in [0.05, 0.1) is 12.3 Å². The number of unbranched alkanes of at least 4 members (excludes halogenated alkanes) is 1. The monoisotopic (exact) mass is 402 g/mol. The van der Waals surface area contributed by atoms with Gasteiger partial charge in [-0.2, -0.15) is 5.10 Å². The van der Waals surface area contributed by atoms with Gasteiger partial charge in [0, 0.05) is 19.0 Å². The van der Waals surface area contributed by atoms with Crippen LogP contribution in [0.5, 0.6) is 0 Å². The Morgan fingerprint density at radius 2 is 1.86 bits per heavy atom. The van der Waals surface area contributed by atoms with Crippen LogP contribution in [0.4, 0.5) is 0 Å². The van der Waals surface area contributed by atoms with Crippen molar-refractivity contribution in [3.8, 4) is 0 Å². The SMILES string of the molecule is C=C(/C=C\C(=C/C)OC[C@@H](CC)CCCC)c1ccn[nH]1.CC(=O)CCC(C)=O. The fourth-order valence-corrected chi connectivity index (χ4v) is 2.40. The fourth-order valence-electron chi connectivity index (χ4n) is 2.40. The highest BCUT2D eigenvalue weighted by Gasteiger charge is 2.07. The smallest absolute Gasteiger partial charge is 0.130 e. The molecule has 5 heteroatoms. The molecule has 0 radical (unpaired) electrons. The summed E-state index contributed by atoms with van der Waals surface area (Å²) in [7, 11) is 0. The van der Waals surface area contributed by atoms with E-state index in [1.54, 1.807) is 6.20 Å². The molecule has 162 valence electrons. The zero-order valence-corrected chi connectivity index (χ0v) is 18.8. The number of rotatable bonds is 13. The number of H-pyrrole nitrogens is 1. The highest BCUT2D eigenvalue weighted by atomic mass is 16.5. The number of hydrogen-bond acceptors (Lipinski definition) is 4. The summed E-state index contributed by atoms with van der Waals surface area (Å²) in [5, 5.41) is 6.82. The lowest BCUT2D eigenvalue weighted by Crippen LogP contribution is -2.08. The molecule has 5 nitrogen and oxygen atoms in total. The summed E-state index contributed by atoms with van der Waals surface area (Å²) in [4.78, 5) is 20.4. The Hall–Kier alpha value is -2.43. The number of carbonyl (C=O) groups excluding carboxylic acids is 2. The molecule has 0 fully saturated rings. The lowest BCUT2D eigenvalue weighted by atomic mass is 10.0. The second-order valence-electron chi connectivity index (χ2n) is 7.15. The maximum Gasteiger partial charge on any atom is 0.130 e. The lowest BCUT2D eigenvalue weighted by Gasteiger charge is -2.16. The molecule has 1 aromatic heterocycles. The van der Waals surface area contributed by atoms with Crippen molar-refractivity contribution in [2.45, 2.75) is 73.1 Å². The highest BCUT2D eigenvalue weighted by Crippen LogP contribution is 2.16. The van der Waals surface area contributed by atoms with E-state index in [-0.39, 0.29) is 11.6 Å². The number of nitrogens with one attached hydrogen (secondary N) is 1. The number of nitrogens with zero attached hydrogens (tertiary/aromatic N) is 1. The molecule has 0 aliphatic carbocycles. The summed E-state index contributed by atoms with van der Waals surface area (Å²) in [5.41, 5.74) is 1.82. The molecule has 0 spiro atoms. The molecule has 29 heavy (non-hydrogen) atoms. The van der Waals surface area contributed by atoms with Crippen LogP contribution in [0, 0.1) is 5.92 Å². The zero-order valence-electron chi connectivity index (χ0n) is 18.8.